The summed E-state index contributed by atoms with van der Waals surface area (Å²) < 4.78 is 0. The molecule has 1 aliphatic rings. The maximum atomic E-state index is 12.8. The Hall–Kier alpha value is -3.02. The lowest BCUT2D eigenvalue weighted by atomic mass is 10.0. The number of rotatable bonds is 7. The number of unbranched alkanes of at least 4 members (excludes halogenated alkanes) is 1. The number of fused-ring (bicyclic) bond motifs is 1. The molecule has 1 atom stereocenters. The average Bonchev–Trinajstić information content (AvgIpc) is 3.01. The van der Waals surface area contributed by atoms with Crippen molar-refractivity contribution in [2.75, 3.05) is 7.05 Å². The van der Waals surface area contributed by atoms with Crippen molar-refractivity contribution in [3.8, 4) is 11.3 Å². The molecule has 1 unspecified atom stereocenters. The number of hydrogen-bond acceptors (Lipinski definition) is 4. The number of nitrogens with zero attached hydrogens (tertiary/aromatic N) is 2. The van der Waals surface area contributed by atoms with Gasteiger partial charge in [0.2, 0.25) is 5.91 Å². The molecule has 0 bridgehead atoms. The highest BCUT2D eigenvalue weighted by Crippen LogP contribution is 2.30. The second-order valence-electron chi connectivity index (χ2n) is 6.25. The number of amides is 2. The number of nitrogens with one attached hydrogen (secondary N) is 1. The Morgan fingerprint density at radius 1 is 1.35 bits per heavy atom. The number of likely N-dealkylation sites (N-methyl/N-ethyl adjacent to an activating group) is 1. The van der Waals surface area contributed by atoms with Gasteiger partial charge in [0, 0.05) is 37.3 Å². The van der Waals surface area contributed by atoms with Crippen molar-refractivity contribution in [2.24, 2.45) is 0 Å². The van der Waals surface area contributed by atoms with E-state index < -0.39 is 6.04 Å². The molecule has 6 nitrogen and oxygen atoms in total. The third kappa shape index (κ3) is 3.49. The van der Waals surface area contributed by atoms with Crippen LogP contribution >= 0.6 is 0 Å². The van der Waals surface area contributed by atoms with Crippen molar-refractivity contribution in [3.63, 3.8) is 0 Å². The fraction of sp³-hybridized carbons (Fsp3) is 0.300. The first-order chi connectivity index (χ1) is 12.7. The second-order valence-corrected chi connectivity index (χ2v) is 6.25. The van der Waals surface area contributed by atoms with Gasteiger partial charge in [-0.2, -0.15) is 0 Å². The van der Waals surface area contributed by atoms with Crippen molar-refractivity contribution in [2.45, 2.75) is 31.8 Å². The van der Waals surface area contributed by atoms with Gasteiger partial charge in [0.1, 0.15) is 12.3 Å². The maximum absolute atomic E-state index is 12.8. The van der Waals surface area contributed by atoms with Crippen molar-refractivity contribution < 1.29 is 14.4 Å². The quantitative estimate of drug-likeness (QED) is 0.613. The van der Waals surface area contributed by atoms with Gasteiger partial charge in [0.25, 0.3) is 5.91 Å². The van der Waals surface area contributed by atoms with Crippen LogP contribution in [0.1, 0.15) is 35.2 Å². The third-order valence-corrected chi connectivity index (χ3v) is 4.62. The summed E-state index contributed by atoms with van der Waals surface area (Å²) in [5.74, 6) is -0.353. The molecule has 0 radical (unpaired) electrons. The molecule has 6 heteroatoms. The predicted octanol–water partition coefficient (Wildman–Crippen LogP) is 2.19. The fourth-order valence-corrected chi connectivity index (χ4v) is 3.28. The summed E-state index contributed by atoms with van der Waals surface area (Å²) in [6.45, 7) is 0.383. The minimum Gasteiger partial charge on any atom is -0.357 e. The van der Waals surface area contributed by atoms with E-state index in [2.05, 4.69) is 10.3 Å². The highest BCUT2D eigenvalue weighted by Gasteiger charge is 2.35. The summed E-state index contributed by atoms with van der Waals surface area (Å²) in [6, 6.07) is 10.8. The first-order valence-corrected chi connectivity index (χ1v) is 8.66. The molecule has 1 aromatic heterocycles. The van der Waals surface area contributed by atoms with Crippen LogP contribution in [0, 0.1) is 0 Å². The number of pyridine rings is 1. The lowest BCUT2D eigenvalue weighted by Crippen LogP contribution is -2.46. The first kappa shape index (κ1) is 17.8. The molecule has 1 aliphatic heterocycles. The van der Waals surface area contributed by atoms with Crippen LogP contribution in [0.4, 0.5) is 0 Å². The molecular weight excluding hydrogens is 330 g/mol. The van der Waals surface area contributed by atoms with Crippen LogP contribution in [0.3, 0.4) is 0 Å². The van der Waals surface area contributed by atoms with E-state index in [9.17, 15) is 14.4 Å². The maximum Gasteiger partial charge on any atom is 0.255 e. The van der Waals surface area contributed by atoms with E-state index in [1.807, 2.05) is 30.3 Å². The Kier molecular flexibility index (Phi) is 5.41. The van der Waals surface area contributed by atoms with Crippen LogP contribution < -0.4 is 5.32 Å². The number of benzene rings is 1. The summed E-state index contributed by atoms with van der Waals surface area (Å²) in [4.78, 5) is 41.6. The topological polar surface area (TPSA) is 79.4 Å². The minimum atomic E-state index is -0.571. The number of hydrogen-bond donors (Lipinski definition) is 1. The molecular formula is C20H21N3O3. The monoisotopic (exact) mass is 351 g/mol. The van der Waals surface area contributed by atoms with E-state index in [1.165, 1.54) is 0 Å². The summed E-state index contributed by atoms with van der Waals surface area (Å²) in [6.07, 6.45) is 3.98. The highest BCUT2D eigenvalue weighted by atomic mass is 16.2. The lowest BCUT2D eigenvalue weighted by Gasteiger charge is -2.26. The van der Waals surface area contributed by atoms with Crippen LogP contribution in [0.5, 0.6) is 0 Å². The van der Waals surface area contributed by atoms with Gasteiger partial charge in [-0.25, -0.2) is 0 Å². The Labute approximate surface area is 152 Å². The molecule has 0 spiro atoms. The summed E-state index contributed by atoms with van der Waals surface area (Å²) in [5.41, 5.74) is 3.29. The zero-order valence-electron chi connectivity index (χ0n) is 14.6. The van der Waals surface area contributed by atoms with E-state index in [0.29, 0.717) is 31.4 Å². The Morgan fingerprint density at radius 2 is 2.19 bits per heavy atom. The molecule has 134 valence electrons. The van der Waals surface area contributed by atoms with E-state index in [0.717, 1.165) is 23.1 Å². The largest absolute Gasteiger partial charge is 0.357 e. The lowest BCUT2D eigenvalue weighted by molar-refractivity contribution is -0.125. The van der Waals surface area contributed by atoms with Crippen molar-refractivity contribution in [3.05, 3.63) is 53.7 Å². The molecule has 1 aromatic carbocycles. The van der Waals surface area contributed by atoms with Crippen LogP contribution in [0.2, 0.25) is 0 Å². The number of aldehydes is 1. The Morgan fingerprint density at radius 3 is 2.88 bits per heavy atom. The molecule has 26 heavy (non-hydrogen) atoms. The molecule has 1 N–H and O–H groups in total. The normalized spacial score (nSPS) is 14.0. The molecule has 2 amide bonds. The van der Waals surface area contributed by atoms with Crippen molar-refractivity contribution in [1.29, 1.82) is 0 Å². The van der Waals surface area contributed by atoms with E-state index in [1.54, 1.807) is 24.2 Å². The van der Waals surface area contributed by atoms with E-state index in [4.69, 9.17) is 0 Å². The Bertz CT molecular complexity index is 820. The SMILES string of the molecule is CNC(=O)C(CCCC=O)N1Cc2cc(-c3ccccn3)ccc2C1=O. The van der Waals surface area contributed by atoms with Crippen molar-refractivity contribution in [1.82, 2.24) is 15.2 Å². The predicted molar refractivity (Wildman–Crippen MR) is 97.3 cm³/mol. The second kappa shape index (κ2) is 7.91. The molecule has 3 rings (SSSR count). The van der Waals surface area contributed by atoms with Crippen LogP contribution in [-0.2, 0) is 16.1 Å². The number of carbonyl (C=O) groups is 3. The number of carbonyl (C=O) groups excluding carboxylic acids is 3. The summed E-state index contributed by atoms with van der Waals surface area (Å²) in [5, 5.41) is 2.62. The highest BCUT2D eigenvalue weighted by molar-refractivity contribution is 6.01. The van der Waals surface area contributed by atoms with Crippen LogP contribution in [0.15, 0.2) is 42.6 Å². The fourth-order valence-electron chi connectivity index (χ4n) is 3.28. The van der Waals surface area contributed by atoms with Gasteiger partial charge in [0.15, 0.2) is 0 Å². The molecule has 2 aromatic rings. The smallest absolute Gasteiger partial charge is 0.255 e. The molecule has 0 fully saturated rings. The van der Waals surface area contributed by atoms with Gasteiger partial charge in [-0.05, 0) is 42.7 Å². The van der Waals surface area contributed by atoms with Gasteiger partial charge in [-0.1, -0.05) is 12.1 Å². The van der Waals surface area contributed by atoms with E-state index >= 15 is 0 Å². The summed E-state index contributed by atoms with van der Waals surface area (Å²) in [7, 11) is 1.56. The third-order valence-electron chi connectivity index (χ3n) is 4.62. The van der Waals surface area contributed by atoms with E-state index in [-0.39, 0.29) is 11.8 Å². The zero-order chi connectivity index (χ0) is 18.5. The van der Waals surface area contributed by atoms with Gasteiger partial charge in [-0.3, -0.25) is 14.6 Å². The molecule has 0 saturated heterocycles. The van der Waals surface area contributed by atoms with Gasteiger partial charge in [-0.15, -0.1) is 0 Å². The first-order valence-electron chi connectivity index (χ1n) is 8.66. The standard InChI is InChI=1S/C20H21N3O3/c1-21-19(25)18(7-3-5-11-24)23-13-15-12-14(8-9-16(15)20(23)26)17-6-2-4-10-22-17/h2,4,6,8-12,18H,3,5,7,13H2,1H3,(H,21,25). The molecule has 0 saturated carbocycles. The summed E-state index contributed by atoms with van der Waals surface area (Å²) >= 11 is 0. The van der Waals surface area contributed by atoms with Crippen LogP contribution in [0.25, 0.3) is 11.3 Å². The average molecular weight is 351 g/mol. The van der Waals surface area contributed by atoms with Crippen LogP contribution in [-0.4, -0.2) is 41.1 Å². The van der Waals surface area contributed by atoms with Crippen molar-refractivity contribution >= 4 is 18.1 Å². The van der Waals surface area contributed by atoms with Gasteiger partial charge >= 0.3 is 0 Å². The molecule has 0 aliphatic carbocycles. The Balaban J connectivity index is 1.85. The number of aromatic nitrogens is 1. The van der Waals surface area contributed by atoms with Gasteiger partial charge < -0.3 is 15.0 Å². The van der Waals surface area contributed by atoms with Gasteiger partial charge in [0.05, 0.1) is 5.69 Å². The zero-order valence-corrected chi connectivity index (χ0v) is 14.6. The molecule has 2 heterocycles. The minimum absolute atomic E-state index is 0.146.